The molecule has 0 aromatic heterocycles. The zero-order valence-electron chi connectivity index (χ0n) is 12.5. The second kappa shape index (κ2) is 4.47. The molecule has 0 radical (unpaired) electrons. The summed E-state index contributed by atoms with van der Waals surface area (Å²) in [6.07, 6.45) is 2.29. The van der Waals surface area contributed by atoms with Crippen molar-refractivity contribution in [3.63, 3.8) is 0 Å². The molecule has 116 valence electrons. The molecule has 3 heterocycles. The van der Waals surface area contributed by atoms with Crippen LogP contribution in [0.3, 0.4) is 0 Å². The Morgan fingerprint density at radius 2 is 2.09 bits per heavy atom. The first-order valence-electron chi connectivity index (χ1n) is 7.84. The van der Waals surface area contributed by atoms with E-state index in [0.717, 1.165) is 31.0 Å². The summed E-state index contributed by atoms with van der Waals surface area (Å²) in [7, 11) is 1.69. The molecule has 3 aliphatic heterocycles. The number of aliphatic hydroxyl groups excluding tert-OH is 1. The fourth-order valence-corrected chi connectivity index (χ4v) is 4.62. The molecule has 0 bridgehead atoms. The van der Waals surface area contributed by atoms with E-state index in [1.165, 1.54) is 16.7 Å². The van der Waals surface area contributed by atoms with Crippen LogP contribution in [0.15, 0.2) is 23.8 Å². The summed E-state index contributed by atoms with van der Waals surface area (Å²) in [4.78, 5) is 2.50. The van der Waals surface area contributed by atoms with E-state index in [4.69, 9.17) is 14.2 Å². The van der Waals surface area contributed by atoms with Gasteiger partial charge in [-0.25, -0.2) is 0 Å². The molecule has 0 amide bonds. The third-order valence-electron chi connectivity index (χ3n) is 5.52. The lowest BCUT2D eigenvalue weighted by atomic mass is 9.73. The second-order valence-corrected chi connectivity index (χ2v) is 6.53. The molecule has 0 saturated carbocycles. The van der Waals surface area contributed by atoms with Gasteiger partial charge in [-0.2, -0.15) is 0 Å². The number of hydrogen-bond donors (Lipinski definition) is 1. The summed E-state index contributed by atoms with van der Waals surface area (Å²) in [5, 5.41) is 10.5. The summed E-state index contributed by atoms with van der Waals surface area (Å²) in [5.41, 5.74) is 3.86. The first kappa shape index (κ1) is 12.9. The highest BCUT2D eigenvalue weighted by atomic mass is 16.7. The van der Waals surface area contributed by atoms with Crippen LogP contribution in [0, 0.1) is 0 Å². The van der Waals surface area contributed by atoms with Gasteiger partial charge in [0.15, 0.2) is 11.5 Å². The van der Waals surface area contributed by atoms with Crippen LogP contribution in [0.2, 0.25) is 0 Å². The van der Waals surface area contributed by atoms with E-state index in [-0.39, 0.29) is 18.8 Å². The Balaban J connectivity index is 1.69. The molecule has 5 heteroatoms. The van der Waals surface area contributed by atoms with Crippen LogP contribution >= 0.6 is 0 Å². The largest absolute Gasteiger partial charge is 0.454 e. The van der Waals surface area contributed by atoms with Gasteiger partial charge in [0, 0.05) is 32.2 Å². The predicted octanol–water partition coefficient (Wildman–Crippen LogP) is 1.40. The lowest BCUT2D eigenvalue weighted by Gasteiger charge is -2.45. The lowest BCUT2D eigenvalue weighted by Crippen LogP contribution is -2.50. The smallest absolute Gasteiger partial charge is 0.231 e. The van der Waals surface area contributed by atoms with E-state index >= 15 is 0 Å². The van der Waals surface area contributed by atoms with Gasteiger partial charge in [-0.1, -0.05) is 11.6 Å². The number of fused-ring (bicyclic) bond motifs is 3. The van der Waals surface area contributed by atoms with Gasteiger partial charge in [-0.15, -0.1) is 0 Å². The molecule has 1 aromatic carbocycles. The number of nitrogens with zero attached hydrogens (tertiary/aromatic N) is 1. The fraction of sp³-hybridized carbons (Fsp3) is 0.529. The Kier molecular flexibility index (Phi) is 2.63. The van der Waals surface area contributed by atoms with E-state index in [1.807, 2.05) is 6.08 Å². The average molecular weight is 301 g/mol. The minimum Gasteiger partial charge on any atom is -0.454 e. The molecule has 1 aliphatic carbocycles. The van der Waals surface area contributed by atoms with Crippen molar-refractivity contribution in [2.45, 2.75) is 37.1 Å². The van der Waals surface area contributed by atoms with Crippen molar-refractivity contribution in [2.75, 3.05) is 20.4 Å². The first-order chi connectivity index (χ1) is 10.8. The Bertz CT molecular complexity index is 671. The standard InChI is InChI=1S/C17H19NO4/c1-20-17-12(19)4-9-2-3-18-7-10-5-13-14(22-8-21-13)6-11(10)15(17)16(9)18/h4-6,12,15-17,19H,2-3,7-8H2,1H3/t12-,15-,16+,17+/m0/s1. The highest BCUT2D eigenvalue weighted by Gasteiger charge is 2.49. The summed E-state index contributed by atoms with van der Waals surface area (Å²) < 4.78 is 16.8. The summed E-state index contributed by atoms with van der Waals surface area (Å²) >= 11 is 0. The zero-order chi connectivity index (χ0) is 14.8. The van der Waals surface area contributed by atoms with Crippen LogP contribution in [0.4, 0.5) is 0 Å². The Morgan fingerprint density at radius 1 is 1.27 bits per heavy atom. The minimum atomic E-state index is -0.544. The maximum Gasteiger partial charge on any atom is 0.231 e. The van der Waals surface area contributed by atoms with E-state index < -0.39 is 6.10 Å². The predicted molar refractivity (Wildman–Crippen MR) is 79.0 cm³/mol. The normalized spacial score (nSPS) is 35.1. The van der Waals surface area contributed by atoms with Crippen molar-refractivity contribution in [1.29, 1.82) is 0 Å². The quantitative estimate of drug-likeness (QED) is 0.795. The average Bonchev–Trinajstić information content (AvgIpc) is 3.12. The highest BCUT2D eigenvalue weighted by molar-refractivity contribution is 5.53. The summed E-state index contributed by atoms with van der Waals surface area (Å²) in [6, 6.07) is 4.55. The van der Waals surface area contributed by atoms with Gasteiger partial charge >= 0.3 is 0 Å². The fourth-order valence-electron chi connectivity index (χ4n) is 4.62. The first-order valence-corrected chi connectivity index (χ1v) is 7.84. The maximum atomic E-state index is 10.5. The minimum absolute atomic E-state index is 0.153. The number of rotatable bonds is 1. The molecule has 5 rings (SSSR count). The van der Waals surface area contributed by atoms with Gasteiger partial charge < -0.3 is 19.3 Å². The molecule has 1 fully saturated rings. The Hall–Kier alpha value is -1.56. The molecular weight excluding hydrogens is 282 g/mol. The van der Waals surface area contributed by atoms with Gasteiger partial charge in [-0.3, -0.25) is 4.90 Å². The van der Waals surface area contributed by atoms with Crippen molar-refractivity contribution >= 4 is 0 Å². The molecule has 5 nitrogen and oxygen atoms in total. The van der Waals surface area contributed by atoms with Crippen molar-refractivity contribution in [3.8, 4) is 11.5 Å². The van der Waals surface area contributed by atoms with Crippen LogP contribution in [-0.4, -0.2) is 48.7 Å². The molecular formula is C17H19NO4. The lowest BCUT2D eigenvalue weighted by molar-refractivity contribution is -0.0303. The van der Waals surface area contributed by atoms with Gasteiger partial charge in [0.2, 0.25) is 6.79 Å². The van der Waals surface area contributed by atoms with E-state index in [9.17, 15) is 5.11 Å². The Labute approximate surface area is 129 Å². The van der Waals surface area contributed by atoms with Gasteiger partial charge in [0.1, 0.15) is 0 Å². The molecule has 1 saturated heterocycles. The van der Waals surface area contributed by atoms with E-state index in [0.29, 0.717) is 6.04 Å². The second-order valence-electron chi connectivity index (χ2n) is 6.53. The number of benzene rings is 1. The number of hydrogen-bond acceptors (Lipinski definition) is 5. The van der Waals surface area contributed by atoms with Gasteiger partial charge in [0.05, 0.1) is 12.2 Å². The van der Waals surface area contributed by atoms with E-state index in [1.54, 1.807) is 7.11 Å². The van der Waals surface area contributed by atoms with Crippen LogP contribution in [0.1, 0.15) is 23.5 Å². The summed E-state index contributed by atoms with van der Waals surface area (Å²) in [5.74, 6) is 1.80. The van der Waals surface area contributed by atoms with Crippen LogP contribution in [-0.2, 0) is 11.3 Å². The van der Waals surface area contributed by atoms with Gasteiger partial charge in [-0.05, 0) is 29.7 Å². The molecule has 0 spiro atoms. The SMILES string of the molecule is CO[C@H]1[C@H]2c3cc4c(cc3CN3CCC(=C[C@@H]1O)[C@H]23)OCO4. The molecule has 0 unspecified atom stereocenters. The van der Waals surface area contributed by atoms with Crippen molar-refractivity contribution in [3.05, 3.63) is 34.9 Å². The number of methoxy groups -OCH3 is 1. The van der Waals surface area contributed by atoms with Crippen LogP contribution < -0.4 is 9.47 Å². The topological polar surface area (TPSA) is 51.2 Å². The van der Waals surface area contributed by atoms with Crippen molar-refractivity contribution in [2.24, 2.45) is 0 Å². The number of ether oxygens (including phenoxy) is 3. The van der Waals surface area contributed by atoms with E-state index in [2.05, 4.69) is 17.0 Å². The van der Waals surface area contributed by atoms with Crippen LogP contribution in [0.25, 0.3) is 0 Å². The number of aliphatic hydroxyl groups is 1. The third kappa shape index (κ3) is 1.59. The molecule has 1 aromatic rings. The molecule has 4 atom stereocenters. The van der Waals surface area contributed by atoms with Gasteiger partial charge in [0.25, 0.3) is 0 Å². The third-order valence-corrected chi connectivity index (χ3v) is 5.52. The van der Waals surface area contributed by atoms with Crippen molar-refractivity contribution in [1.82, 2.24) is 4.90 Å². The Morgan fingerprint density at radius 3 is 2.91 bits per heavy atom. The molecule has 1 N–H and O–H groups in total. The monoisotopic (exact) mass is 301 g/mol. The zero-order valence-corrected chi connectivity index (χ0v) is 12.5. The molecule has 22 heavy (non-hydrogen) atoms. The summed E-state index contributed by atoms with van der Waals surface area (Å²) in [6.45, 7) is 2.26. The molecule has 4 aliphatic rings. The van der Waals surface area contributed by atoms with Crippen molar-refractivity contribution < 1.29 is 19.3 Å². The maximum absolute atomic E-state index is 10.5. The van der Waals surface area contributed by atoms with Crippen LogP contribution in [0.5, 0.6) is 11.5 Å². The highest BCUT2D eigenvalue weighted by Crippen LogP contribution is 2.50.